The van der Waals surface area contributed by atoms with Crippen molar-refractivity contribution in [3.63, 3.8) is 0 Å². The highest BCUT2D eigenvalue weighted by Gasteiger charge is 2.18. The number of carboxylic acids is 1. The number of aromatic amines is 1. The van der Waals surface area contributed by atoms with Crippen molar-refractivity contribution in [3.05, 3.63) is 18.2 Å². The maximum absolute atomic E-state index is 10.7. The molecule has 2 amide bonds. The number of urea groups is 1. The van der Waals surface area contributed by atoms with Crippen LogP contribution in [-0.4, -0.2) is 33.1 Å². The number of hydrogen-bond donors (Lipinski definition) is 5. The second-order valence-electron chi connectivity index (χ2n) is 2.79. The highest BCUT2D eigenvalue weighted by Crippen LogP contribution is 1.97. The number of carbonyl (C=O) groups excluding carboxylic acids is 1. The van der Waals surface area contributed by atoms with Crippen LogP contribution in [0, 0.1) is 0 Å². The van der Waals surface area contributed by atoms with Gasteiger partial charge in [-0.2, -0.15) is 0 Å². The summed E-state index contributed by atoms with van der Waals surface area (Å²) in [6.07, 6.45) is 3.15. The number of imidazole rings is 1. The predicted octanol–water partition coefficient (Wildman–Crippen LogP) is -1.42. The van der Waals surface area contributed by atoms with Gasteiger partial charge < -0.3 is 15.8 Å². The first-order valence-corrected chi connectivity index (χ1v) is 4.11. The van der Waals surface area contributed by atoms with Gasteiger partial charge in [0.25, 0.3) is 0 Å². The van der Waals surface area contributed by atoms with E-state index in [0.717, 1.165) is 0 Å². The SMILES string of the molecule is NC(=O)NN[C@@H](Cc1c[nH]cn1)C(=O)O. The molecule has 1 aromatic rings. The van der Waals surface area contributed by atoms with Crippen LogP contribution in [-0.2, 0) is 11.2 Å². The fraction of sp³-hybridized carbons (Fsp3) is 0.286. The topological polar surface area (TPSA) is 133 Å². The Bertz CT molecular complexity index is 336. The van der Waals surface area contributed by atoms with Gasteiger partial charge in [-0.05, 0) is 0 Å². The second-order valence-corrected chi connectivity index (χ2v) is 2.79. The maximum Gasteiger partial charge on any atom is 0.326 e. The van der Waals surface area contributed by atoms with Crippen molar-refractivity contribution >= 4 is 12.0 Å². The molecule has 0 aliphatic heterocycles. The molecule has 0 aromatic carbocycles. The van der Waals surface area contributed by atoms with Crippen LogP contribution < -0.4 is 16.6 Å². The van der Waals surface area contributed by atoms with Gasteiger partial charge in [0.15, 0.2) is 0 Å². The van der Waals surface area contributed by atoms with Crippen molar-refractivity contribution in [2.45, 2.75) is 12.5 Å². The number of nitrogens with zero attached hydrogens (tertiary/aromatic N) is 1. The Morgan fingerprint density at radius 2 is 2.40 bits per heavy atom. The zero-order valence-electron chi connectivity index (χ0n) is 7.73. The summed E-state index contributed by atoms with van der Waals surface area (Å²) in [6.45, 7) is 0. The molecule has 1 atom stereocenters. The van der Waals surface area contributed by atoms with E-state index in [0.29, 0.717) is 5.69 Å². The van der Waals surface area contributed by atoms with Crippen molar-refractivity contribution < 1.29 is 14.7 Å². The number of carboxylic acid groups (broad SMARTS) is 1. The van der Waals surface area contributed by atoms with E-state index in [1.807, 2.05) is 5.43 Å². The summed E-state index contributed by atoms with van der Waals surface area (Å²) in [4.78, 5) is 27.7. The molecule has 0 aliphatic carbocycles. The first-order chi connectivity index (χ1) is 7.09. The predicted molar refractivity (Wildman–Crippen MR) is 49.6 cm³/mol. The summed E-state index contributed by atoms with van der Waals surface area (Å²) >= 11 is 0. The van der Waals surface area contributed by atoms with Crippen molar-refractivity contribution in [1.82, 2.24) is 20.8 Å². The Morgan fingerprint density at radius 1 is 1.67 bits per heavy atom. The summed E-state index contributed by atoms with van der Waals surface area (Å²) in [5.41, 5.74) is 9.65. The second kappa shape index (κ2) is 4.96. The highest BCUT2D eigenvalue weighted by atomic mass is 16.4. The van der Waals surface area contributed by atoms with Gasteiger partial charge in [0.1, 0.15) is 6.04 Å². The molecule has 0 aliphatic rings. The van der Waals surface area contributed by atoms with E-state index in [4.69, 9.17) is 10.8 Å². The molecule has 0 radical (unpaired) electrons. The molecule has 0 saturated heterocycles. The summed E-state index contributed by atoms with van der Waals surface area (Å²) in [6, 6.07) is -1.82. The van der Waals surface area contributed by atoms with Crippen LogP contribution in [0.3, 0.4) is 0 Å². The number of hydrazine groups is 1. The third-order valence-electron chi connectivity index (χ3n) is 1.64. The fourth-order valence-corrected chi connectivity index (χ4v) is 0.970. The fourth-order valence-electron chi connectivity index (χ4n) is 0.970. The van der Waals surface area contributed by atoms with Gasteiger partial charge in [0, 0.05) is 12.6 Å². The summed E-state index contributed by atoms with van der Waals surface area (Å²) in [5.74, 6) is -1.10. The lowest BCUT2D eigenvalue weighted by Gasteiger charge is -2.12. The van der Waals surface area contributed by atoms with Gasteiger partial charge in [-0.1, -0.05) is 0 Å². The van der Waals surface area contributed by atoms with E-state index >= 15 is 0 Å². The minimum absolute atomic E-state index is 0.138. The number of hydrogen-bond acceptors (Lipinski definition) is 4. The van der Waals surface area contributed by atoms with Crippen LogP contribution in [0.4, 0.5) is 4.79 Å². The van der Waals surface area contributed by atoms with Gasteiger partial charge in [-0.25, -0.2) is 15.2 Å². The third-order valence-corrected chi connectivity index (χ3v) is 1.64. The van der Waals surface area contributed by atoms with Gasteiger partial charge in [-0.15, -0.1) is 0 Å². The average Bonchev–Trinajstić information content (AvgIpc) is 2.63. The van der Waals surface area contributed by atoms with Crippen molar-refractivity contribution in [2.75, 3.05) is 0 Å². The molecule has 0 spiro atoms. The monoisotopic (exact) mass is 213 g/mol. The van der Waals surface area contributed by atoms with Crippen molar-refractivity contribution in [1.29, 1.82) is 0 Å². The number of H-pyrrole nitrogens is 1. The number of amides is 2. The van der Waals surface area contributed by atoms with Gasteiger partial charge in [0.05, 0.1) is 12.0 Å². The zero-order chi connectivity index (χ0) is 11.3. The number of aliphatic carboxylic acids is 1. The van der Waals surface area contributed by atoms with E-state index < -0.39 is 18.0 Å². The van der Waals surface area contributed by atoms with E-state index in [-0.39, 0.29) is 6.42 Å². The maximum atomic E-state index is 10.7. The number of nitrogens with two attached hydrogens (primary N) is 1. The average molecular weight is 213 g/mol. The molecule has 0 saturated carbocycles. The Labute approximate surface area is 84.8 Å². The molecule has 0 fully saturated rings. The van der Waals surface area contributed by atoms with Gasteiger partial charge >= 0.3 is 12.0 Å². The van der Waals surface area contributed by atoms with Gasteiger partial charge in [-0.3, -0.25) is 10.2 Å². The Morgan fingerprint density at radius 3 is 2.87 bits per heavy atom. The van der Waals surface area contributed by atoms with E-state index in [1.54, 1.807) is 6.20 Å². The molecule has 15 heavy (non-hydrogen) atoms. The van der Waals surface area contributed by atoms with Crippen molar-refractivity contribution in [2.24, 2.45) is 5.73 Å². The highest BCUT2D eigenvalue weighted by molar-refractivity contribution is 5.75. The van der Waals surface area contributed by atoms with Crippen LogP contribution in [0.5, 0.6) is 0 Å². The number of nitrogens with one attached hydrogen (secondary N) is 3. The van der Waals surface area contributed by atoms with Crippen LogP contribution in [0.1, 0.15) is 5.69 Å². The minimum atomic E-state index is -1.10. The normalized spacial score (nSPS) is 12.0. The first kappa shape index (κ1) is 11.0. The molecule has 8 nitrogen and oxygen atoms in total. The quantitative estimate of drug-likeness (QED) is 0.383. The Balaban J connectivity index is 2.51. The van der Waals surface area contributed by atoms with E-state index in [2.05, 4.69) is 15.4 Å². The van der Waals surface area contributed by atoms with Crippen LogP contribution in [0.2, 0.25) is 0 Å². The van der Waals surface area contributed by atoms with Crippen LogP contribution in [0.15, 0.2) is 12.5 Å². The number of rotatable bonds is 5. The largest absolute Gasteiger partial charge is 0.480 e. The minimum Gasteiger partial charge on any atom is -0.480 e. The third kappa shape index (κ3) is 3.65. The standard InChI is InChI=1S/C7H11N5O3/c8-7(15)12-11-5(6(13)14)1-4-2-9-3-10-4/h2-3,5,11H,1H2,(H,9,10)(H,13,14)(H3,8,12,15)/t5-/m0/s1. The molecule has 0 unspecified atom stereocenters. The lowest BCUT2D eigenvalue weighted by atomic mass is 10.2. The zero-order valence-corrected chi connectivity index (χ0v) is 7.73. The number of primary amides is 1. The van der Waals surface area contributed by atoms with E-state index in [9.17, 15) is 9.59 Å². The molecular weight excluding hydrogens is 202 g/mol. The smallest absolute Gasteiger partial charge is 0.326 e. The lowest BCUT2D eigenvalue weighted by Crippen LogP contribution is -2.51. The van der Waals surface area contributed by atoms with Crippen molar-refractivity contribution in [3.8, 4) is 0 Å². The van der Waals surface area contributed by atoms with Gasteiger partial charge in [0.2, 0.25) is 0 Å². The lowest BCUT2D eigenvalue weighted by molar-refractivity contribution is -0.139. The number of carbonyl (C=O) groups is 2. The molecule has 1 rings (SSSR count). The summed E-state index contributed by atoms with van der Waals surface area (Å²) in [5, 5.41) is 8.79. The van der Waals surface area contributed by atoms with E-state index in [1.165, 1.54) is 6.33 Å². The number of aromatic nitrogens is 2. The molecule has 1 aromatic heterocycles. The summed E-state index contributed by atoms with van der Waals surface area (Å²) < 4.78 is 0. The molecule has 0 bridgehead atoms. The molecule has 8 heteroatoms. The molecule has 6 N–H and O–H groups in total. The first-order valence-electron chi connectivity index (χ1n) is 4.11. The van der Waals surface area contributed by atoms with Crippen LogP contribution in [0.25, 0.3) is 0 Å². The van der Waals surface area contributed by atoms with Crippen LogP contribution >= 0.6 is 0 Å². The molecule has 82 valence electrons. The Hall–Kier alpha value is -2.09. The molecule has 1 heterocycles. The Kier molecular flexibility index (Phi) is 3.63. The summed E-state index contributed by atoms with van der Waals surface area (Å²) in [7, 11) is 0. The molecular formula is C7H11N5O3.